The molecule has 0 aliphatic carbocycles. The summed E-state index contributed by atoms with van der Waals surface area (Å²) >= 11 is 0. The van der Waals surface area contributed by atoms with Gasteiger partial charge in [-0.2, -0.15) is 0 Å². The standard InChI is InChI=1S/C49H73N7O17S/c1-3-12-56(73-4-2)49(60)40-34-43-44(54-45(50)36-40)35-41(37-52-43)39-6-5-7-42(33-39)74(61,62)53-11-14-64-16-18-66-20-22-68-24-26-70-28-30-72-32-31-71-29-27-69-25-23-67-21-19-65-17-15-63-13-10-51-46(57)38-55-47(58)8-9-48(55)59/h5-9,33-35,37,53H,3-4,10-32,36,38H2,1-2H3,(H2,50,54)(H,51,57). The van der Waals surface area contributed by atoms with Crippen molar-refractivity contribution in [1.29, 1.82) is 0 Å². The third kappa shape index (κ3) is 24.5. The van der Waals surface area contributed by atoms with E-state index in [2.05, 4.69) is 20.0 Å². The highest BCUT2D eigenvalue weighted by molar-refractivity contribution is 7.89. The second-order valence-electron chi connectivity index (χ2n) is 15.9. The predicted molar refractivity (Wildman–Crippen MR) is 269 cm³/mol. The van der Waals surface area contributed by atoms with Crippen molar-refractivity contribution in [2.75, 3.05) is 165 Å². The topological polar surface area (TPSA) is 286 Å². The summed E-state index contributed by atoms with van der Waals surface area (Å²) in [6, 6.07) is 8.24. The number of hydrogen-bond donors (Lipinski definition) is 3. The van der Waals surface area contributed by atoms with E-state index in [-0.39, 0.29) is 62.5 Å². The van der Waals surface area contributed by atoms with Crippen LogP contribution in [0, 0.1) is 0 Å². The molecule has 4 rings (SSSR count). The highest BCUT2D eigenvalue weighted by Gasteiger charge is 2.26. The van der Waals surface area contributed by atoms with Crippen LogP contribution < -0.4 is 15.8 Å². The summed E-state index contributed by atoms with van der Waals surface area (Å²) in [5, 5.41) is 3.92. The van der Waals surface area contributed by atoms with Crippen LogP contribution in [0.2, 0.25) is 0 Å². The van der Waals surface area contributed by atoms with E-state index in [1.54, 1.807) is 36.5 Å². The molecule has 25 heteroatoms. The number of carbonyl (C=O) groups excluding carboxylic acids is 4. The lowest BCUT2D eigenvalue weighted by Gasteiger charge is -2.21. The highest BCUT2D eigenvalue weighted by atomic mass is 32.2. The fourth-order valence-electron chi connectivity index (χ4n) is 6.61. The zero-order chi connectivity index (χ0) is 53.1. The maximum Gasteiger partial charge on any atom is 0.273 e. The number of aromatic nitrogens is 1. The Balaban J connectivity index is 0.881. The van der Waals surface area contributed by atoms with Crippen molar-refractivity contribution in [3.8, 4) is 11.1 Å². The van der Waals surface area contributed by atoms with Gasteiger partial charge in [0.2, 0.25) is 15.9 Å². The first-order chi connectivity index (χ1) is 36.0. The van der Waals surface area contributed by atoms with Crippen LogP contribution in [0.4, 0.5) is 5.69 Å². The molecular formula is C49H73N7O17S. The fraction of sp³-hybridized carbons (Fsp3) is 0.592. The number of hydrogen-bond acceptors (Lipinski definition) is 20. The number of hydroxylamine groups is 2. The van der Waals surface area contributed by atoms with Gasteiger partial charge < -0.3 is 58.4 Å². The average Bonchev–Trinajstić information content (AvgIpc) is 3.59. The van der Waals surface area contributed by atoms with E-state index in [1.807, 2.05) is 13.8 Å². The number of ether oxygens (including phenoxy) is 10. The van der Waals surface area contributed by atoms with E-state index >= 15 is 0 Å². The fourth-order valence-corrected chi connectivity index (χ4v) is 7.67. The third-order valence-corrected chi connectivity index (χ3v) is 11.7. The van der Waals surface area contributed by atoms with Crippen molar-refractivity contribution in [1.82, 2.24) is 25.0 Å². The number of imide groups is 1. The third-order valence-electron chi connectivity index (χ3n) is 10.2. The lowest BCUT2D eigenvalue weighted by molar-refractivity contribution is -0.180. The van der Waals surface area contributed by atoms with E-state index in [0.717, 1.165) is 23.5 Å². The summed E-state index contributed by atoms with van der Waals surface area (Å²) in [5.74, 6) is -1.50. The van der Waals surface area contributed by atoms with Crippen molar-refractivity contribution in [3.63, 3.8) is 0 Å². The molecular weight excluding hydrogens is 991 g/mol. The Bertz CT molecular complexity index is 2190. The van der Waals surface area contributed by atoms with E-state index in [9.17, 15) is 27.6 Å². The smallest absolute Gasteiger partial charge is 0.273 e. The number of fused-ring (bicyclic) bond motifs is 1. The number of amides is 4. The summed E-state index contributed by atoms with van der Waals surface area (Å²) in [4.78, 5) is 63.5. The largest absolute Gasteiger partial charge is 0.387 e. The molecule has 2 aliphatic heterocycles. The van der Waals surface area contributed by atoms with Gasteiger partial charge in [-0.05, 0) is 43.2 Å². The molecule has 4 amide bonds. The molecule has 3 heterocycles. The molecule has 0 saturated carbocycles. The molecule has 1 aromatic heterocycles. The van der Waals surface area contributed by atoms with Gasteiger partial charge in [-0.3, -0.25) is 33.9 Å². The minimum absolute atomic E-state index is 0.0650. The number of benzene rings is 1. The van der Waals surface area contributed by atoms with Gasteiger partial charge >= 0.3 is 0 Å². The molecule has 0 bridgehead atoms. The zero-order valence-electron chi connectivity index (χ0n) is 42.5. The molecule has 0 fully saturated rings. The van der Waals surface area contributed by atoms with Gasteiger partial charge in [0.25, 0.3) is 17.7 Å². The maximum absolute atomic E-state index is 13.2. The van der Waals surface area contributed by atoms with E-state index in [0.29, 0.717) is 154 Å². The van der Waals surface area contributed by atoms with Crippen LogP contribution in [-0.2, 0) is 81.4 Å². The molecule has 74 heavy (non-hydrogen) atoms. The van der Waals surface area contributed by atoms with Crippen molar-refractivity contribution in [3.05, 3.63) is 59.9 Å². The molecule has 0 unspecified atom stereocenters. The molecule has 0 atom stereocenters. The summed E-state index contributed by atoms with van der Waals surface area (Å²) in [7, 11) is -3.85. The number of aliphatic imine (C=N–C) groups is 1. The molecule has 4 N–H and O–H groups in total. The summed E-state index contributed by atoms with van der Waals surface area (Å²) in [6.45, 7) is 12.1. The molecule has 0 saturated heterocycles. The van der Waals surface area contributed by atoms with Gasteiger partial charge in [0.05, 0.1) is 155 Å². The van der Waals surface area contributed by atoms with Gasteiger partial charge in [-0.1, -0.05) is 19.1 Å². The van der Waals surface area contributed by atoms with Crippen LogP contribution >= 0.6 is 0 Å². The average molecular weight is 1060 g/mol. The normalized spacial score (nSPS) is 13.5. The molecule has 2 aliphatic rings. The molecule has 1 aromatic carbocycles. The molecule has 2 aromatic rings. The Labute approximate surface area is 433 Å². The lowest BCUT2D eigenvalue weighted by Crippen LogP contribution is -2.41. The van der Waals surface area contributed by atoms with Gasteiger partial charge in [-0.25, -0.2) is 23.2 Å². The first-order valence-electron chi connectivity index (χ1n) is 24.7. The van der Waals surface area contributed by atoms with Crippen LogP contribution in [-0.4, -0.2) is 218 Å². The monoisotopic (exact) mass is 1060 g/mol. The van der Waals surface area contributed by atoms with E-state index in [1.165, 1.54) is 11.1 Å². The molecule has 0 radical (unpaired) electrons. The quantitative estimate of drug-likeness (QED) is 0.0478. The molecule has 24 nitrogen and oxygen atoms in total. The van der Waals surface area contributed by atoms with Crippen molar-refractivity contribution in [2.24, 2.45) is 10.7 Å². The Morgan fingerprint density at radius 3 is 1.65 bits per heavy atom. The maximum atomic E-state index is 13.2. The van der Waals surface area contributed by atoms with Crippen LogP contribution in [0.3, 0.4) is 0 Å². The highest BCUT2D eigenvalue weighted by Crippen LogP contribution is 2.31. The van der Waals surface area contributed by atoms with Crippen molar-refractivity contribution in [2.45, 2.75) is 31.6 Å². The number of nitrogens with one attached hydrogen (secondary N) is 2. The number of amidine groups is 1. The summed E-state index contributed by atoms with van der Waals surface area (Å²) in [6.07, 6.45) is 6.38. The number of rotatable bonds is 43. The van der Waals surface area contributed by atoms with Gasteiger partial charge in [-0.15, -0.1) is 0 Å². The van der Waals surface area contributed by atoms with Crippen molar-refractivity contribution < 1.29 is 79.8 Å². The number of pyridine rings is 1. The minimum atomic E-state index is -3.85. The van der Waals surface area contributed by atoms with Crippen LogP contribution in [0.25, 0.3) is 17.2 Å². The zero-order valence-corrected chi connectivity index (χ0v) is 43.3. The van der Waals surface area contributed by atoms with Crippen molar-refractivity contribution >= 4 is 51.3 Å². The Kier molecular flexibility index (Phi) is 30.5. The Hall–Kier alpha value is -5.13. The molecule has 412 valence electrons. The molecule has 0 spiro atoms. The second kappa shape index (κ2) is 36.8. The van der Waals surface area contributed by atoms with Crippen LogP contribution in [0.15, 0.2) is 64.1 Å². The number of nitrogens with two attached hydrogens (primary N) is 1. The second-order valence-corrected chi connectivity index (χ2v) is 17.7. The van der Waals surface area contributed by atoms with E-state index < -0.39 is 27.7 Å². The summed E-state index contributed by atoms with van der Waals surface area (Å²) < 4.78 is 83.7. The minimum Gasteiger partial charge on any atom is -0.387 e. The first kappa shape index (κ1) is 61.4. The van der Waals surface area contributed by atoms with Gasteiger partial charge in [0.1, 0.15) is 12.4 Å². The SMILES string of the molecule is CCCN(OCC)C(=O)C1=Cc2ncc(-c3cccc(S(=O)(=O)NCCOCCOCCOCCOCCOCCOCCOCCOCCOCCOCCNC(=O)CN4C(=O)C=CC4=O)c3)cc2N=C(N)C1. The number of sulfonamides is 1. The number of carbonyl (C=O) groups is 4. The van der Waals surface area contributed by atoms with Gasteiger partial charge in [0, 0.05) is 55.5 Å². The first-order valence-corrected chi connectivity index (χ1v) is 26.2. The lowest BCUT2D eigenvalue weighted by atomic mass is 10.1. The number of nitrogens with zero attached hydrogens (tertiary/aromatic N) is 4. The predicted octanol–water partition coefficient (Wildman–Crippen LogP) is 1.20. The van der Waals surface area contributed by atoms with Gasteiger partial charge in [0.15, 0.2) is 0 Å². The van der Waals surface area contributed by atoms with Crippen LogP contribution in [0.1, 0.15) is 32.4 Å². The Morgan fingerprint density at radius 2 is 1.16 bits per heavy atom. The van der Waals surface area contributed by atoms with Crippen LogP contribution in [0.5, 0.6) is 0 Å². The Morgan fingerprint density at radius 1 is 0.676 bits per heavy atom. The van der Waals surface area contributed by atoms with E-state index in [4.69, 9.17) is 57.9 Å². The summed E-state index contributed by atoms with van der Waals surface area (Å²) in [5.41, 5.74) is 8.78.